The number of hydrogen-bond donors (Lipinski definition) is 2. The van der Waals surface area contributed by atoms with Crippen LogP contribution in [0.25, 0.3) is 0 Å². The molecule has 0 aliphatic carbocycles. The molecule has 0 aliphatic heterocycles. The molecule has 102 valence electrons. The number of rotatable bonds is 7. The first-order valence-corrected chi connectivity index (χ1v) is 6.16. The predicted octanol–water partition coefficient (Wildman–Crippen LogP) is 0.676. The number of aliphatic hydroxyl groups excluding tert-OH is 1. The van der Waals surface area contributed by atoms with Crippen molar-refractivity contribution in [2.45, 2.75) is 20.0 Å². The molecule has 19 heavy (non-hydrogen) atoms. The Labute approximate surface area is 111 Å². The summed E-state index contributed by atoms with van der Waals surface area (Å²) in [6.07, 6.45) is 0. The van der Waals surface area contributed by atoms with Crippen LogP contribution in [0, 0.1) is 0 Å². The maximum Gasteiger partial charge on any atom is 0.243 e. The Balaban J connectivity index is 1.89. The average molecular weight is 263 g/mol. The van der Waals surface area contributed by atoms with Crippen LogP contribution >= 0.6 is 0 Å². The SMILES string of the molecule is CCn1nnnc1NCc1ccc(OCCO)cc1. The van der Waals surface area contributed by atoms with E-state index in [4.69, 9.17) is 9.84 Å². The molecule has 0 atom stereocenters. The summed E-state index contributed by atoms with van der Waals surface area (Å²) in [6, 6.07) is 7.66. The van der Waals surface area contributed by atoms with Gasteiger partial charge in [0.2, 0.25) is 5.95 Å². The van der Waals surface area contributed by atoms with E-state index in [1.54, 1.807) is 4.68 Å². The fourth-order valence-corrected chi connectivity index (χ4v) is 1.59. The third-order valence-corrected chi connectivity index (χ3v) is 2.57. The molecule has 1 aromatic heterocycles. The predicted molar refractivity (Wildman–Crippen MR) is 69.8 cm³/mol. The van der Waals surface area contributed by atoms with Gasteiger partial charge in [-0.3, -0.25) is 0 Å². The van der Waals surface area contributed by atoms with E-state index < -0.39 is 0 Å². The number of anilines is 1. The molecule has 2 N–H and O–H groups in total. The van der Waals surface area contributed by atoms with E-state index in [9.17, 15) is 0 Å². The Morgan fingerprint density at radius 2 is 2.11 bits per heavy atom. The van der Waals surface area contributed by atoms with Gasteiger partial charge in [0.1, 0.15) is 12.4 Å². The summed E-state index contributed by atoms with van der Waals surface area (Å²) >= 11 is 0. The molecule has 0 saturated heterocycles. The molecule has 1 heterocycles. The maximum absolute atomic E-state index is 8.67. The summed E-state index contributed by atoms with van der Waals surface area (Å²) in [7, 11) is 0. The number of ether oxygens (including phenoxy) is 1. The molecule has 0 bridgehead atoms. The zero-order chi connectivity index (χ0) is 13.5. The number of aliphatic hydroxyl groups is 1. The molecule has 2 aromatic rings. The van der Waals surface area contributed by atoms with Crippen molar-refractivity contribution in [3.05, 3.63) is 29.8 Å². The van der Waals surface area contributed by atoms with Crippen LogP contribution in [0.1, 0.15) is 12.5 Å². The largest absolute Gasteiger partial charge is 0.491 e. The minimum atomic E-state index is 0.0168. The first-order chi connectivity index (χ1) is 9.33. The summed E-state index contributed by atoms with van der Waals surface area (Å²) < 4.78 is 6.98. The second-order valence-corrected chi connectivity index (χ2v) is 3.89. The summed E-state index contributed by atoms with van der Waals surface area (Å²) in [4.78, 5) is 0. The van der Waals surface area contributed by atoms with Gasteiger partial charge in [0.15, 0.2) is 0 Å². The van der Waals surface area contributed by atoms with Gasteiger partial charge in [0.05, 0.1) is 6.61 Å². The molecule has 7 nitrogen and oxygen atoms in total. The smallest absolute Gasteiger partial charge is 0.243 e. The van der Waals surface area contributed by atoms with Crippen LogP contribution in [0.2, 0.25) is 0 Å². The van der Waals surface area contributed by atoms with E-state index in [0.717, 1.165) is 17.9 Å². The molecule has 0 radical (unpaired) electrons. The summed E-state index contributed by atoms with van der Waals surface area (Å²) in [5.74, 6) is 1.40. The van der Waals surface area contributed by atoms with Crippen LogP contribution in [0.3, 0.4) is 0 Å². The van der Waals surface area contributed by atoms with E-state index in [-0.39, 0.29) is 6.61 Å². The van der Waals surface area contributed by atoms with Crippen LogP contribution in [-0.4, -0.2) is 38.5 Å². The van der Waals surface area contributed by atoms with Crippen molar-refractivity contribution in [1.82, 2.24) is 20.2 Å². The highest BCUT2D eigenvalue weighted by Crippen LogP contribution is 2.13. The molecule has 2 rings (SSSR count). The molecule has 0 spiro atoms. The molecule has 0 amide bonds. The first-order valence-electron chi connectivity index (χ1n) is 6.16. The second-order valence-electron chi connectivity index (χ2n) is 3.89. The van der Waals surface area contributed by atoms with E-state index in [1.165, 1.54) is 0 Å². The molecule has 0 aliphatic rings. The van der Waals surface area contributed by atoms with Crippen molar-refractivity contribution >= 4 is 5.95 Å². The summed E-state index contributed by atoms with van der Waals surface area (Å²) in [5.41, 5.74) is 1.10. The minimum Gasteiger partial charge on any atom is -0.491 e. The Bertz CT molecular complexity index is 497. The number of nitrogens with one attached hydrogen (secondary N) is 1. The molecule has 0 fully saturated rings. The number of aromatic nitrogens is 4. The summed E-state index contributed by atoms with van der Waals surface area (Å²) in [5, 5.41) is 23.2. The lowest BCUT2D eigenvalue weighted by atomic mass is 10.2. The number of tetrazole rings is 1. The van der Waals surface area contributed by atoms with E-state index in [1.807, 2.05) is 31.2 Å². The van der Waals surface area contributed by atoms with Gasteiger partial charge in [-0.05, 0) is 35.0 Å². The highest BCUT2D eigenvalue weighted by molar-refractivity contribution is 5.30. The number of hydrogen-bond acceptors (Lipinski definition) is 6. The van der Waals surface area contributed by atoms with Crippen LogP contribution < -0.4 is 10.1 Å². The average Bonchev–Trinajstić information content (AvgIpc) is 2.91. The Morgan fingerprint density at radius 1 is 1.32 bits per heavy atom. The van der Waals surface area contributed by atoms with Crippen molar-refractivity contribution in [3.63, 3.8) is 0 Å². The van der Waals surface area contributed by atoms with E-state index in [2.05, 4.69) is 20.8 Å². The number of benzene rings is 1. The standard InChI is InChI=1S/C12H17N5O2/c1-2-17-12(14-15-16-17)13-9-10-3-5-11(6-4-10)19-8-7-18/h3-6,18H,2,7-9H2,1H3,(H,13,14,16). The molecule has 0 unspecified atom stereocenters. The second kappa shape index (κ2) is 6.69. The van der Waals surface area contributed by atoms with Gasteiger partial charge < -0.3 is 15.2 Å². The lowest BCUT2D eigenvalue weighted by molar-refractivity contribution is 0.201. The molecule has 7 heteroatoms. The van der Waals surface area contributed by atoms with Crippen molar-refractivity contribution in [2.24, 2.45) is 0 Å². The molecular formula is C12H17N5O2. The van der Waals surface area contributed by atoms with E-state index in [0.29, 0.717) is 19.1 Å². The molecule has 0 saturated carbocycles. The zero-order valence-electron chi connectivity index (χ0n) is 10.8. The third kappa shape index (κ3) is 3.65. The first kappa shape index (κ1) is 13.3. The van der Waals surface area contributed by atoms with Gasteiger partial charge in [-0.2, -0.15) is 0 Å². The Kier molecular flexibility index (Phi) is 4.68. The number of nitrogens with zero attached hydrogens (tertiary/aromatic N) is 4. The topological polar surface area (TPSA) is 85.1 Å². The van der Waals surface area contributed by atoms with Gasteiger partial charge in [-0.15, -0.1) is 0 Å². The minimum absolute atomic E-state index is 0.0168. The Morgan fingerprint density at radius 3 is 2.79 bits per heavy atom. The van der Waals surface area contributed by atoms with Crippen LogP contribution in [0.5, 0.6) is 5.75 Å². The number of aryl methyl sites for hydroxylation is 1. The Hall–Kier alpha value is -2.15. The maximum atomic E-state index is 8.67. The normalized spacial score (nSPS) is 10.4. The fraction of sp³-hybridized carbons (Fsp3) is 0.417. The van der Waals surface area contributed by atoms with Gasteiger partial charge in [0.25, 0.3) is 0 Å². The van der Waals surface area contributed by atoms with E-state index >= 15 is 0 Å². The summed E-state index contributed by atoms with van der Waals surface area (Å²) in [6.45, 7) is 3.67. The van der Waals surface area contributed by atoms with Gasteiger partial charge in [-0.1, -0.05) is 17.2 Å². The van der Waals surface area contributed by atoms with Crippen molar-refractivity contribution in [1.29, 1.82) is 0 Å². The zero-order valence-corrected chi connectivity index (χ0v) is 10.8. The third-order valence-electron chi connectivity index (χ3n) is 2.57. The van der Waals surface area contributed by atoms with Crippen molar-refractivity contribution in [2.75, 3.05) is 18.5 Å². The van der Waals surface area contributed by atoms with Gasteiger partial charge in [0, 0.05) is 13.1 Å². The quantitative estimate of drug-likeness (QED) is 0.764. The molecule has 1 aromatic carbocycles. The van der Waals surface area contributed by atoms with Gasteiger partial charge >= 0.3 is 0 Å². The highest BCUT2D eigenvalue weighted by Gasteiger charge is 2.03. The fourth-order valence-electron chi connectivity index (χ4n) is 1.59. The lowest BCUT2D eigenvalue weighted by Crippen LogP contribution is -2.08. The lowest BCUT2D eigenvalue weighted by Gasteiger charge is -2.07. The highest BCUT2D eigenvalue weighted by atomic mass is 16.5. The van der Waals surface area contributed by atoms with Crippen molar-refractivity contribution in [3.8, 4) is 5.75 Å². The van der Waals surface area contributed by atoms with Crippen molar-refractivity contribution < 1.29 is 9.84 Å². The van der Waals surface area contributed by atoms with Crippen LogP contribution in [0.4, 0.5) is 5.95 Å². The monoisotopic (exact) mass is 263 g/mol. The van der Waals surface area contributed by atoms with Crippen LogP contribution in [-0.2, 0) is 13.1 Å². The van der Waals surface area contributed by atoms with Gasteiger partial charge in [-0.25, -0.2) is 4.68 Å². The van der Waals surface area contributed by atoms with Crippen LogP contribution in [0.15, 0.2) is 24.3 Å². The molecular weight excluding hydrogens is 246 g/mol.